The fourth-order valence-corrected chi connectivity index (χ4v) is 2.59. The van der Waals surface area contributed by atoms with Crippen LogP contribution < -0.4 is 0 Å². The number of carbonyl (C=O) groups is 1. The van der Waals surface area contributed by atoms with E-state index in [9.17, 15) is 9.36 Å². The topological polar surface area (TPSA) is 71.1 Å². The summed E-state index contributed by atoms with van der Waals surface area (Å²) < 4.78 is 32.1. The first-order chi connectivity index (χ1) is 7.87. The Morgan fingerprint density at radius 3 is 2.35 bits per heavy atom. The Hall–Kier alpha value is -0.580. The second-order valence-corrected chi connectivity index (χ2v) is 6.76. The molecule has 1 aliphatic carbocycles. The molecule has 1 aliphatic rings. The van der Waals surface area contributed by atoms with Gasteiger partial charge in [-0.05, 0) is 6.92 Å². The Kier molecular flexibility index (Phi) is 4.58. The normalized spacial score (nSPS) is 20.8. The van der Waals surface area contributed by atoms with E-state index in [1.54, 1.807) is 20.8 Å². The first-order valence-electron chi connectivity index (χ1n) is 5.59. The Balaban J connectivity index is 2.61. The summed E-state index contributed by atoms with van der Waals surface area (Å²) in [4.78, 5) is 11.2. The average molecular weight is 266 g/mol. The van der Waals surface area contributed by atoms with Crippen molar-refractivity contribution >= 4 is 13.8 Å². The van der Waals surface area contributed by atoms with E-state index < -0.39 is 19.5 Å². The molecular weight excluding hydrogens is 247 g/mol. The Labute approximate surface area is 101 Å². The third kappa shape index (κ3) is 3.69. The van der Waals surface area contributed by atoms with Gasteiger partial charge in [0.1, 0.15) is 0 Å². The fourth-order valence-electron chi connectivity index (χ4n) is 1.20. The lowest BCUT2D eigenvalue weighted by Gasteiger charge is -2.25. The van der Waals surface area contributed by atoms with Crippen molar-refractivity contribution in [2.45, 2.75) is 45.1 Å². The highest BCUT2D eigenvalue weighted by Crippen LogP contribution is 2.60. The van der Waals surface area contributed by atoms with Crippen LogP contribution in [0.5, 0.6) is 0 Å². The summed E-state index contributed by atoms with van der Waals surface area (Å²) in [5.41, 5.74) is -0.296. The molecule has 1 unspecified atom stereocenters. The minimum Gasteiger partial charge on any atom is -0.435 e. The van der Waals surface area contributed by atoms with Crippen molar-refractivity contribution in [1.82, 2.24) is 0 Å². The number of hydrogen-bond donors (Lipinski definition) is 0. The van der Waals surface area contributed by atoms with Gasteiger partial charge in [-0.3, -0.25) is 9.09 Å². The highest BCUT2D eigenvalue weighted by molar-refractivity contribution is 7.54. The first-order valence-corrected chi connectivity index (χ1v) is 7.20. The van der Waals surface area contributed by atoms with Crippen LogP contribution >= 0.6 is 7.60 Å². The zero-order valence-corrected chi connectivity index (χ0v) is 11.5. The van der Waals surface area contributed by atoms with Crippen molar-refractivity contribution in [2.75, 3.05) is 13.7 Å². The molecule has 0 aromatic rings. The molecule has 0 bridgehead atoms. The minimum absolute atomic E-state index is 0.223. The van der Waals surface area contributed by atoms with Crippen molar-refractivity contribution in [3.05, 3.63) is 0 Å². The van der Waals surface area contributed by atoms with Crippen LogP contribution in [0, 0.1) is 0 Å². The lowest BCUT2D eigenvalue weighted by atomic mass is 10.6. The number of rotatable bonds is 6. The van der Waals surface area contributed by atoms with Crippen LogP contribution in [0.25, 0.3) is 0 Å². The third-order valence-corrected chi connectivity index (χ3v) is 4.73. The molecule has 1 fully saturated rings. The smallest absolute Gasteiger partial charge is 0.435 e. The van der Waals surface area contributed by atoms with Gasteiger partial charge >= 0.3 is 13.8 Å². The lowest BCUT2D eigenvalue weighted by Crippen LogP contribution is -2.24. The summed E-state index contributed by atoms with van der Waals surface area (Å²) in [7, 11) is -1.92. The first kappa shape index (κ1) is 14.5. The third-order valence-electron chi connectivity index (χ3n) is 2.37. The molecule has 6 nitrogen and oxygen atoms in total. The van der Waals surface area contributed by atoms with E-state index >= 15 is 0 Å². The van der Waals surface area contributed by atoms with Crippen molar-refractivity contribution in [3.63, 3.8) is 0 Å². The summed E-state index contributed by atoms with van der Waals surface area (Å²) in [5.74, 6) is -1.12. The Bertz CT molecular complexity index is 323. The molecule has 0 radical (unpaired) electrons. The van der Waals surface area contributed by atoms with E-state index in [2.05, 4.69) is 4.74 Å². The molecule has 1 saturated carbocycles. The largest absolute Gasteiger partial charge is 0.510 e. The predicted molar refractivity (Wildman–Crippen MR) is 60.9 cm³/mol. The maximum absolute atomic E-state index is 12.2. The predicted octanol–water partition coefficient (Wildman–Crippen LogP) is 2.91. The Morgan fingerprint density at radius 1 is 1.41 bits per heavy atom. The van der Waals surface area contributed by atoms with E-state index in [-0.39, 0.29) is 12.3 Å². The number of hydrogen-bond acceptors (Lipinski definition) is 6. The molecule has 0 aromatic carbocycles. The molecule has 0 N–H and O–H groups in total. The van der Waals surface area contributed by atoms with E-state index in [0.717, 1.165) is 0 Å². The van der Waals surface area contributed by atoms with Gasteiger partial charge in [0.25, 0.3) is 0 Å². The minimum atomic E-state index is -3.24. The van der Waals surface area contributed by atoms with Crippen LogP contribution in [0.3, 0.4) is 0 Å². The van der Waals surface area contributed by atoms with Gasteiger partial charge in [-0.25, -0.2) is 4.79 Å². The molecule has 0 saturated heterocycles. The van der Waals surface area contributed by atoms with Gasteiger partial charge < -0.3 is 14.0 Å². The van der Waals surface area contributed by atoms with E-state index in [0.29, 0.717) is 12.8 Å². The van der Waals surface area contributed by atoms with E-state index in [4.69, 9.17) is 13.8 Å². The average Bonchev–Trinajstić information content (AvgIpc) is 2.97. The van der Waals surface area contributed by atoms with Crippen LogP contribution in [0.1, 0.15) is 33.6 Å². The maximum Gasteiger partial charge on any atom is 0.510 e. The number of ether oxygens (including phenoxy) is 2. The van der Waals surface area contributed by atoms with E-state index in [1.807, 2.05) is 0 Å². The van der Waals surface area contributed by atoms with Crippen LogP contribution in [0.2, 0.25) is 0 Å². The van der Waals surface area contributed by atoms with Crippen molar-refractivity contribution < 1.29 is 27.9 Å². The molecule has 0 aliphatic heterocycles. The molecule has 7 heteroatoms. The van der Waals surface area contributed by atoms with Crippen molar-refractivity contribution in [3.8, 4) is 0 Å². The van der Waals surface area contributed by atoms with Gasteiger partial charge in [-0.1, -0.05) is 13.8 Å². The summed E-state index contributed by atoms with van der Waals surface area (Å²) >= 11 is 0. The Morgan fingerprint density at radius 2 is 2.00 bits per heavy atom. The molecule has 0 heterocycles. The van der Waals surface area contributed by atoms with Gasteiger partial charge in [0.15, 0.2) is 0 Å². The summed E-state index contributed by atoms with van der Waals surface area (Å²) in [5, 5.41) is 0. The molecule has 0 spiro atoms. The van der Waals surface area contributed by atoms with E-state index in [1.165, 1.54) is 7.11 Å². The number of carbonyl (C=O) groups excluding carboxylic acids is 1. The molecule has 100 valence electrons. The van der Waals surface area contributed by atoms with Crippen molar-refractivity contribution in [2.24, 2.45) is 0 Å². The zero-order chi connectivity index (χ0) is 13.1. The van der Waals surface area contributed by atoms with Crippen molar-refractivity contribution in [1.29, 1.82) is 0 Å². The lowest BCUT2D eigenvalue weighted by molar-refractivity contribution is -0.0896. The molecule has 1 rings (SSSR count). The van der Waals surface area contributed by atoms with Crippen LogP contribution in [-0.4, -0.2) is 31.3 Å². The summed E-state index contributed by atoms with van der Waals surface area (Å²) in [6, 6.07) is 0. The summed E-state index contributed by atoms with van der Waals surface area (Å²) in [6.07, 6.45) is 0.203. The van der Waals surface area contributed by atoms with Gasteiger partial charge in [-0.15, -0.1) is 0 Å². The second kappa shape index (κ2) is 5.38. The molecular formula is C10H19O6P. The van der Waals surface area contributed by atoms with Gasteiger partial charge in [-0.2, -0.15) is 0 Å². The van der Waals surface area contributed by atoms with Crippen LogP contribution in [-0.2, 0) is 23.1 Å². The maximum atomic E-state index is 12.2. The van der Waals surface area contributed by atoms with Crippen LogP contribution in [0.15, 0.2) is 0 Å². The monoisotopic (exact) mass is 266 g/mol. The van der Waals surface area contributed by atoms with Gasteiger partial charge in [0, 0.05) is 20.0 Å². The highest BCUT2D eigenvalue weighted by atomic mass is 31.2. The highest BCUT2D eigenvalue weighted by Gasteiger charge is 2.54. The second-order valence-electron chi connectivity index (χ2n) is 4.10. The summed E-state index contributed by atoms with van der Waals surface area (Å²) in [6.45, 7) is 5.35. The molecule has 0 aromatic heterocycles. The van der Waals surface area contributed by atoms with Crippen LogP contribution in [0.4, 0.5) is 4.79 Å². The standard InChI is InChI=1S/C10H19O6P/c1-5-14-9(11)15-10(6-7-10)16-17(12,13-4)8(2)3/h8H,5-7H2,1-4H3. The van der Waals surface area contributed by atoms with Gasteiger partial charge in [0.2, 0.25) is 5.79 Å². The SMILES string of the molecule is CCOC(=O)OC1(OP(=O)(OC)C(C)C)CC1. The molecule has 17 heavy (non-hydrogen) atoms. The molecule has 0 amide bonds. The molecule has 1 atom stereocenters. The quantitative estimate of drug-likeness (QED) is 0.418. The fraction of sp³-hybridized carbons (Fsp3) is 0.900. The zero-order valence-electron chi connectivity index (χ0n) is 10.6. The van der Waals surface area contributed by atoms with Gasteiger partial charge in [0.05, 0.1) is 12.3 Å².